The summed E-state index contributed by atoms with van der Waals surface area (Å²) in [6.45, 7) is 13.0. The van der Waals surface area contributed by atoms with Gasteiger partial charge in [-0.05, 0) is 13.8 Å². The number of hydrogen-bond acceptors (Lipinski definition) is 0. The summed E-state index contributed by atoms with van der Waals surface area (Å²) in [7, 11) is 0. The van der Waals surface area contributed by atoms with Crippen LogP contribution in [-0.2, 0) is 24.2 Å². The maximum atomic E-state index is 3.34. The van der Waals surface area contributed by atoms with Gasteiger partial charge in [-0.15, -0.1) is 68.1 Å². The Bertz CT molecular complexity index is 865. The molecule has 0 saturated carbocycles. The van der Waals surface area contributed by atoms with E-state index in [4.69, 9.17) is 0 Å². The molecule has 0 fully saturated rings. The van der Waals surface area contributed by atoms with E-state index in [1.807, 2.05) is 0 Å². The van der Waals surface area contributed by atoms with Gasteiger partial charge >= 0.3 is 28.4 Å². The SMILES string of the molecule is Cc1cc2c(C)ccc(C)c2[cH-]1.Cc1cc2c(C)ccc(C)c2[cH-]1.[CH2]=[Zr+2]. The first-order valence-corrected chi connectivity index (χ1v) is 10.7. The first kappa shape index (κ1) is 20.7. The molecule has 0 amide bonds. The molecule has 0 saturated heterocycles. The summed E-state index contributed by atoms with van der Waals surface area (Å²) in [4.78, 5) is 0. The molecular weight excluding hydrogens is 391 g/mol. The standard InChI is InChI=1S/2C12H13.CH2.Zr/c2*1-8-6-11-9(2)4-5-10(3)12(11)7-8;;/h2*4-7H,1-3H3;1H2;/q2*-1;;+2. The Morgan fingerprint density at radius 3 is 1.19 bits per heavy atom. The van der Waals surface area contributed by atoms with E-state index in [0.29, 0.717) is 0 Å². The zero-order valence-electron chi connectivity index (χ0n) is 16.8. The fourth-order valence-corrected chi connectivity index (χ4v) is 3.47. The first-order chi connectivity index (χ1) is 12.4. The molecule has 132 valence electrons. The molecule has 0 N–H and O–H groups in total. The van der Waals surface area contributed by atoms with Crippen LogP contribution >= 0.6 is 0 Å². The van der Waals surface area contributed by atoms with Crippen LogP contribution in [0.4, 0.5) is 0 Å². The Morgan fingerprint density at radius 1 is 0.577 bits per heavy atom. The second kappa shape index (κ2) is 8.87. The third-order valence-electron chi connectivity index (χ3n) is 4.93. The Kier molecular flexibility index (Phi) is 7.07. The van der Waals surface area contributed by atoms with Crippen LogP contribution in [0.2, 0.25) is 0 Å². The summed E-state index contributed by atoms with van der Waals surface area (Å²) < 4.78 is 3.34. The van der Waals surface area contributed by atoms with Crippen molar-refractivity contribution in [3.05, 3.63) is 81.9 Å². The van der Waals surface area contributed by atoms with E-state index >= 15 is 0 Å². The topological polar surface area (TPSA) is 0 Å². The molecule has 4 rings (SSSR count). The van der Waals surface area contributed by atoms with E-state index in [9.17, 15) is 0 Å². The molecule has 0 atom stereocenters. The monoisotopic (exact) mass is 418 g/mol. The van der Waals surface area contributed by atoms with Crippen LogP contribution in [0, 0.1) is 41.5 Å². The van der Waals surface area contributed by atoms with Gasteiger partial charge in [-0.25, -0.2) is 0 Å². The van der Waals surface area contributed by atoms with Crippen molar-refractivity contribution in [2.24, 2.45) is 0 Å². The predicted molar refractivity (Wildman–Crippen MR) is 115 cm³/mol. The van der Waals surface area contributed by atoms with Crippen molar-refractivity contribution in [1.82, 2.24) is 0 Å². The molecule has 0 spiro atoms. The van der Waals surface area contributed by atoms with E-state index in [2.05, 4.69) is 94.3 Å². The van der Waals surface area contributed by atoms with Gasteiger partial charge in [-0.2, -0.15) is 12.1 Å². The summed E-state index contributed by atoms with van der Waals surface area (Å²) >= 11 is 1.30. The molecule has 0 nitrogen and oxygen atoms in total. The summed E-state index contributed by atoms with van der Waals surface area (Å²) in [6, 6.07) is 17.8. The number of benzene rings is 2. The van der Waals surface area contributed by atoms with Gasteiger partial charge in [-0.3, -0.25) is 0 Å². The molecule has 4 aromatic carbocycles. The summed E-state index contributed by atoms with van der Waals surface area (Å²) in [5, 5.41) is 5.64. The van der Waals surface area contributed by atoms with Crippen molar-refractivity contribution < 1.29 is 24.2 Å². The van der Waals surface area contributed by atoms with Gasteiger partial charge in [0.1, 0.15) is 0 Å². The van der Waals surface area contributed by atoms with Crippen molar-refractivity contribution in [3.63, 3.8) is 0 Å². The zero-order chi connectivity index (χ0) is 19.4. The molecule has 0 heterocycles. The average Bonchev–Trinajstić information content (AvgIpc) is 3.21. The van der Waals surface area contributed by atoms with Crippen LogP contribution in [0.25, 0.3) is 21.5 Å². The number of rotatable bonds is 0. The minimum absolute atomic E-state index is 1.30. The van der Waals surface area contributed by atoms with Crippen molar-refractivity contribution in [3.8, 4) is 0 Å². The van der Waals surface area contributed by atoms with Crippen molar-refractivity contribution in [2.45, 2.75) is 41.5 Å². The van der Waals surface area contributed by atoms with Gasteiger partial charge < -0.3 is 0 Å². The third kappa shape index (κ3) is 4.38. The molecule has 0 aromatic heterocycles. The van der Waals surface area contributed by atoms with Crippen LogP contribution < -0.4 is 0 Å². The third-order valence-corrected chi connectivity index (χ3v) is 4.93. The molecule has 0 aliphatic rings. The van der Waals surface area contributed by atoms with Gasteiger partial charge in [0.15, 0.2) is 0 Å². The van der Waals surface area contributed by atoms with E-state index < -0.39 is 0 Å². The molecule has 0 aliphatic carbocycles. The Morgan fingerprint density at radius 2 is 0.885 bits per heavy atom. The molecule has 0 radical (unpaired) electrons. The average molecular weight is 420 g/mol. The Hall–Kier alpha value is -1.59. The molecule has 26 heavy (non-hydrogen) atoms. The fourth-order valence-electron chi connectivity index (χ4n) is 3.47. The van der Waals surface area contributed by atoms with E-state index in [-0.39, 0.29) is 0 Å². The van der Waals surface area contributed by atoms with Crippen molar-refractivity contribution >= 4 is 25.8 Å². The van der Waals surface area contributed by atoms with Crippen molar-refractivity contribution in [1.29, 1.82) is 0 Å². The van der Waals surface area contributed by atoms with Gasteiger partial charge in [0, 0.05) is 0 Å². The van der Waals surface area contributed by atoms with Crippen molar-refractivity contribution in [2.75, 3.05) is 0 Å². The molecular formula is C25H28Zr. The van der Waals surface area contributed by atoms with Crippen LogP contribution in [0.1, 0.15) is 33.4 Å². The minimum atomic E-state index is 1.30. The van der Waals surface area contributed by atoms with Gasteiger partial charge in [0.25, 0.3) is 0 Å². The van der Waals surface area contributed by atoms with Crippen LogP contribution in [0.5, 0.6) is 0 Å². The number of hydrogen-bond donors (Lipinski definition) is 0. The van der Waals surface area contributed by atoms with Crippen LogP contribution in [0.15, 0.2) is 48.5 Å². The second-order valence-corrected chi connectivity index (χ2v) is 7.12. The number of fused-ring (bicyclic) bond motifs is 2. The molecule has 0 aliphatic heterocycles. The Labute approximate surface area is 172 Å². The quantitative estimate of drug-likeness (QED) is 0.271. The first-order valence-electron chi connectivity index (χ1n) is 8.98. The van der Waals surface area contributed by atoms with Gasteiger partial charge in [-0.1, -0.05) is 51.0 Å². The molecule has 0 bridgehead atoms. The fraction of sp³-hybridized carbons (Fsp3) is 0.240. The van der Waals surface area contributed by atoms with Crippen LogP contribution in [0.3, 0.4) is 0 Å². The zero-order valence-corrected chi connectivity index (χ0v) is 19.3. The summed E-state index contributed by atoms with van der Waals surface area (Å²) in [5.74, 6) is 0. The van der Waals surface area contributed by atoms with Gasteiger partial charge in [0.2, 0.25) is 0 Å². The second-order valence-electron chi connectivity index (χ2n) is 7.12. The van der Waals surface area contributed by atoms with E-state index in [0.717, 1.165) is 0 Å². The summed E-state index contributed by atoms with van der Waals surface area (Å²) in [5.41, 5.74) is 8.24. The predicted octanol–water partition coefficient (Wildman–Crippen LogP) is 6.93. The van der Waals surface area contributed by atoms with Gasteiger partial charge in [0.05, 0.1) is 0 Å². The number of aryl methyl sites for hydroxylation is 6. The molecule has 1 heteroatoms. The summed E-state index contributed by atoms with van der Waals surface area (Å²) in [6.07, 6.45) is 0. The Balaban J connectivity index is 0.000000171. The molecule has 4 aromatic rings. The van der Waals surface area contributed by atoms with Crippen LogP contribution in [-0.4, -0.2) is 4.21 Å². The van der Waals surface area contributed by atoms with E-state index in [1.54, 1.807) is 0 Å². The molecule has 0 unspecified atom stereocenters. The normalized spacial score (nSPS) is 10.3. The maximum absolute atomic E-state index is 3.34. The van der Waals surface area contributed by atoms with E-state index in [1.165, 1.54) is 79.2 Å².